The molecule has 0 bridgehead atoms. The van der Waals surface area contributed by atoms with Crippen LogP contribution in [0.5, 0.6) is 0 Å². The number of para-hydroxylation sites is 1. The van der Waals surface area contributed by atoms with Gasteiger partial charge in [-0.25, -0.2) is 4.68 Å². The molecule has 0 unspecified atom stereocenters. The molecular formula is C22H25ClN6O. The van der Waals surface area contributed by atoms with Gasteiger partial charge in [-0.15, -0.1) is 5.10 Å². The van der Waals surface area contributed by atoms with Crippen LogP contribution in [0.4, 0.5) is 0 Å². The van der Waals surface area contributed by atoms with Gasteiger partial charge in [0.1, 0.15) is 0 Å². The first-order valence-electron chi connectivity index (χ1n) is 10.0. The quantitative estimate of drug-likeness (QED) is 0.658. The minimum absolute atomic E-state index is 0.253. The average Bonchev–Trinajstić information content (AvgIpc) is 3.24. The summed E-state index contributed by atoms with van der Waals surface area (Å²) in [6.07, 6.45) is 1.58. The smallest absolute Gasteiger partial charge is 0.273 e. The van der Waals surface area contributed by atoms with E-state index in [4.69, 9.17) is 11.6 Å². The van der Waals surface area contributed by atoms with Crippen LogP contribution in [0.3, 0.4) is 0 Å². The number of likely N-dealkylation sites (N-methyl/N-ethyl adjacent to an activating group) is 1. The Morgan fingerprint density at radius 3 is 2.63 bits per heavy atom. The van der Waals surface area contributed by atoms with E-state index in [1.54, 1.807) is 12.3 Å². The Balaban J connectivity index is 1.35. The molecule has 7 nitrogen and oxygen atoms in total. The molecule has 0 aliphatic carbocycles. The molecule has 30 heavy (non-hydrogen) atoms. The Morgan fingerprint density at radius 1 is 1.07 bits per heavy atom. The zero-order valence-electron chi connectivity index (χ0n) is 17.0. The first-order chi connectivity index (χ1) is 14.6. The van der Waals surface area contributed by atoms with Crippen molar-refractivity contribution >= 4 is 17.5 Å². The van der Waals surface area contributed by atoms with Crippen molar-refractivity contribution < 1.29 is 4.79 Å². The summed E-state index contributed by atoms with van der Waals surface area (Å²) >= 11 is 6.19. The van der Waals surface area contributed by atoms with Gasteiger partial charge in [0.15, 0.2) is 5.69 Å². The summed E-state index contributed by atoms with van der Waals surface area (Å²) in [4.78, 5) is 17.3. The van der Waals surface area contributed by atoms with E-state index in [0.717, 1.165) is 38.3 Å². The van der Waals surface area contributed by atoms with Crippen LogP contribution in [0, 0.1) is 0 Å². The van der Waals surface area contributed by atoms with Crippen LogP contribution in [0.1, 0.15) is 21.6 Å². The summed E-state index contributed by atoms with van der Waals surface area (Å²) in [5, 5.41) is 11.5. The number of halogens is 1. The average molecular weight is 425 g/mol. The zero-order chi connectivity index (χ0) is 20.9. The van der Waals surface area contributed by atoms with Crippen molar-refractivity contribution in [2.45, 2.75) is 13.1 Å². The van der Waals surface area contributed by atoms with E-state index in [2.05, 4.69) is 44.6 Å². The largest absolute Gasteiger partial charge is 0.347 e. The molecule has 1 aliphatic rings. The fourth-order valence-corrected chi connectivity index (χ4v) is 3.72. The molecule has 2 heterocycles. The van der Waals surface area contributed by atoms with Gasteiger partial charge >= 0.3 is 0 Å². The fraction of sp³-hybridized carbons (Fsp3) is 0.318. The molecule has 8 heteroatoms. The molecule has 1 aromatic heterocycles. The Kier molecular flexibility index (Phi) is 6.42. The van der Waals surface area contributed by atoms with E-state index < -0.39 is 0 Å². The summed E-state index contributed by atoms with van der Waals surface area (Å²) < 4.78 is 1.51. The van der Waals surface area contributed by atoms with Crippen molar-refractivity contribution in [1.29, 1.82) is 0 Å². The maximum Gasteiger partial charge on any atom is 0.273 e. The van der Waals surface area contributed by atoms with Gasteiger partial charge in [0.05, 0.1) is 16.9 Å². The number of nitrogens with one attached hydrogen (secondary N) is 1. The van der Waals surface area contributed by atoms with E-state index in [9.17, 15) is 4.79 Å². The number of carbonyl (C=O) groups excluding carboxylic acids is 1. The molecule has 4 rings (SSSR count). The van der Waals surface area contributed by atoms with E-state index in [1.165, 1.54) is 10.2 Å². The highest BCUT2D eigenvalue weighted by Gasteiger charge is 2.15. The Bertz CT molecular complexity index is 1010. The number of hydrogen-bond donors (Lipinski definition) is 1. The lowest BCUT2D eigenvalue weighted by atomic mass is 10.1. The molecular weight excluding hydrogens is 400 g/mol. The third-order valence-electron chi connectivity index (χ3n) is 5.27. The number of piperazine rings is 1. The summed E-state index contributed by atoms with van der Waals surface area (Å²) in [6, 6.07) is 15.6. The first-order valence-corrected chi connectivity index (χ1v) is 10.4. The maximum absolute atomic E-state index is 12.5. The lowest BCUT2D eigenvalue weighted by Crippen LogP contribution is -2.43. The molecule has 1 saturated heterocycles. The zero-order valence-corrected chi connectivity index (χ0v) is 17.7. The molecule has 0 radical (unpaired) electrons. The molecule has 1 amide bonds. The molecule has 1 fully saturated rings. The predicted octanol–water partition coefficient (Wildman–Crippen LogP) is 2.60. The van der Waals surface area contributed by atoms with Gasteiger partial charge in [-0.3, -0.25) is 9.69 Å². The number of aromatic nitrogens is 3. The summed E-state index contributed by atoms with van der Waals surface area (Å²) in [5.74, 6) is -0.266. The number of benzene rings is 2. The third-order valence-corrected chi connectivity index (χ3v) is 5.59. The Labute approximate surface area is 181 Å². The second kappa shape index (κ2) is 9.38. The van der Waals surface area contributed by atoms with Gasteiger partial charge < -0.3 is 10.2 Å². The summed E-state index contributed by atoms with van der Waals surface area (Å²) in [6.45, 7) is 5.74. The van der Waals surface area contributed by atoms with Crippen LogP contribution in [0.2, 0.25) is 5.02 Å². The highest BCUT2D eigenvalue weighted by Crippen LogP contribution is 2.18. The molecule has 156 valence electrons. The first kappa shape index (κ1) is 20.5. The van der Waals surface area contributed by atoms with Gasteiger partial charge in [-0.1, -0.05) is 53.2 Å². The van der Waals surface area contributed by atoms with Gasteiger partial charge in [-0.2, -0.15) is 0 Å². The van der Waals surface area contributed by atoms with Crippen molar-refractivity contribution in [3.8, 4) is 5.69 Å². The van der Waals surface area contributed by atoms with Gasteiger partial charge in [0.25, 0.3) is 5.91 Å². The summed E-state index contributed by atoms with van der Waals surface area (Å²) in [5.41, 5.74) is 3.26. The van der Waals surface area contributed by atoms with Crippen molar-refractivity contribution in [2.75, 3.05) is 33.2 Å². The number of rotatable bonds is 6. The molecule has 0 spiro atoms. The van der Waals surface area contributed by atoms with E-state index >= 15 is 0 Å². The van der Waals surface area contributed by atoms with Crippen molar-refractivity contribution in [3.63, 3.8) is 0 Å². The van der Waals surface area contributed by atoms with Gasteiger partial charge in [0.2, 0.25) is 0 Å². The normalized spacial score (nSPS) is 15.3. The lowest BCUT2D eigenvalue weighted by Gasteiger charge is -2.32. The fourth-order valence-electron chi connectivity index (χ4n) is 3.50. The number of amides is 1. The van der Waals surface area contributed by atoms with Crippen LogP contribution in [0.25, 0.3) is 5.69 Å². The molecule has 1 aliphatic heterocycles. The number of hydrogen-bond acceptors (Lipinski definition) is 5. The highest BCUT2D eigenvalue weighted by molar-refractivity contribution is 6.32. The minimum atomic E-state index is -0.266. The lowest BCUT2D eigenvalue weighted by molar-refractivity contribution is 0.0946. The highest BCUT2D eigenvalue weighted by atomic mass is 35.5. The Hall–Kier alpha value is -2.74. The van der Waals surface area contributed by atoms with E-state index in [-0.39, 0.29) is 11.6 Å². The van der Waals surface area contributed by atoms with Crippen molar-refractivity contribution in [1.82, 2.24) is 30.1 Å². The SMILES string of the molecule is CN1CCN(Cc2cccc(CNC(=O)c3cn(-c4ccccc4Cl)nn3)c2)CC1. The van der Waals surface area contributed by atoms with Crippen LogP contribution >= 0.6 is 11.6 Å². The van der Waals surface area contributed by atoms with Crippen LogP contribution in [-0.4, -0.2) is 63.9 Å². The second-order valence-electron chi connectivity index (χ2n) is 7.58. The van der Waals surface area contributed by atoms with E-state index in [1.807, 2.05) is 30.3 Å². The van der Waals surface area contributed by atoms with Gasteiger partial charge in [-0.05, 0) is 30.3 Å². The van der Waals surface area contributed by atoms with E-state index in [0.29, 0.717) is 17.3 Å². The maximum atomic E-state index is 12.5. The molecule has 1 N–H and O–H groups in total. The second-order valence-corrected chi connectivity index (χ2v) is 7.99. The topological polar surface area (TPSA) is 66.3 Å². The number of carbonyl (C=O) groups is 1. The van der Waals surface area contributed by atoms with Crippen molar-refractivity contribution in [3.05, 3.63) is 76.6 Å². The monoisotopic (exact) mass is 424 g/mol. The van der Waals surface area contributed by atoms with Crippen LogP contribution < -0.4 is 5.32 Å². The summed E-state index contributed by atoms with van der Waals surface area (Å²) in [7, 11) is 2.16. The van der Waals surface area contributed by atoms with Crippen molar-refractivity contribution in [2.24, 2.45) is 0 Å². The molecule has 2 aromatic carbocycles. The molecule has 0 atom stereocenters. The predicted molar refractivity (Wildman–Crippen MR) is 117 cm³/mol. The van der Waals surface area contributed by atoms with Crippen LogP contribution in [-0.2, 0) is 13.1 Å². The number of nitrogens with zero attached hydrogens (tertiary/aromatic N) is 5. The van der Waals surface area contributed by atoms with Gasteiger partial charge in [0, 0.05) is 39.3 Å². The third kappa shape index (κ3) is 5.05. The Morgan fingerprint density at radius 2 is 1.83 bits per heavy atom. The van der Waals surface area contributed by atoms with Crippen LogP contribution in [0.15, 0.2) is 54.7 Å². The molecule has 3 aromatic rings. The standard InChI is InChI=1S/C22H25ClN6O/c1-27-9-11-28(12-10-27)15-18-6-4-5-17(13-18)14-24-22(30)20-16-29(26-25-20)21-8-3-2-7-19(21)23/h2-8,13,16H,9-12,14-15H2,1H3,(H,24,30). The molecule has 0 saturated carbocycles. The minimum Gasteiger partial charge on any atom is -0.347 e.